The van der Waals surface area contributed by atoms with Crippen molar-refractivity contribution in [2.24, 2.45) is 0 Å². The van der Waals surface area contributed by atoms with E-state index in [1.54, 1.807) is 30.3 Å². The number of nitrogens with one attached hydrogen (secondary N) is 1. The van der Waals surface area contributed by atoms with Crippen molar-refractivity contribution in [1.82, 2.24) is 14.5 Å². The lowest BCUT2D eigenvalue weighted by Gasteiger charge is -2.22. The third kappa shape index (κ3) is 4.45. The van der Waals surface area contributed by atoms with Gasteiger partial charge < -0.3 is 4.42 Å². The predicted molar refractivity (Wildman–Crippen MR) is 116 cm³/mol. The molecule has 3 aromatic rings. The Labute approximate surface area is 189 Å². The van der Waals surface area contributed by atoms with Crippen LogP contribution >= 0.6 is 23.2 Å². The first kappa shape index (κ1) is 21.8. The molecule has 1 amide bonds. The number of sulfonamides is 1. The second kappa shape index (κ2) is 8.58. The number of amides is 1. The normalized spacial score (nSPS) is 17.1. The highest BCUT2D eigenvalue weighted by molar-refractivity contribution is 7.89. The van der Waals surface area contributed by atoms with Gasteiger partial charge in [-0.15, -0.1) is 5.10 Å². The molecule has 1 aliphatic rings. The second-order valence-electron chi connectivity index (χ2n) is 7.11. The Morgan fingerprint density at radius 2 is 1.90 bits per heavy atom. The molecule has 1 saturated heterocycles. The summed E-state index contributed by atoms with van der Waals surface area (Å²) in [6, 6.07) is 10.3. The van der Waals surface area contributed by atoms with Crippen LogP contribution in [0.25, 0.3) is 11.5 Å². The largest absolute Gasteiger partial charge is 0.403 e. The number of hydrogen-bond donors (Lipinski definition) is 1. The van der Waals surface area contributed by atoms with Crippen LogP contribution in [-0.4, -0.2) is 41.4 Å². The zero-order valence-electron chi connectivity index (χ0n) is 16.4. The first-order valence-electron chi connectivity index (χ1n) is 9.44. The van der Waals surface area contributed by atoms with Crippen molar-refractivity contribution >= 4 is 45.1 Å². The third-order valence-electron chi connectivity index (χ3n) is 4.95. The molecule has 0 radical (unpaired) electrons. The van der Waals surface area contributed by atoms with Crippen molar-refractivity contribution in [1.29, 1.82) is 0 Å². The zero-order chi connectivity index (χ0) is 22.2. The molecule has 0 bridgehead atoms. The van der Waals surface area contributed by atoms with Gasteiger partial charge in [0.05, 0.1) is 15.5 Å². The van der Waals surface area contributed by atoms with Crippen molar-refractivity contribution in [3.05, 3.63) is 58.1 Å². The fraction of sp³-hybridized carbons (Fsp3) is 0.250. The van der Waals surface area contributed by atoms with Gasteiger partial charge in [-0.05, 0) is 50.1 Å². The monoisotopic (exact) mass is 480 g/mol. The molecule has 1 aromatic heterocycles. The molecule has 1 unspecified atom stereocenters. The molecule has 31 heavy (non-hydrogen) atoms. The molecule has 1 fully saturated rings. The lowest BCUT2D eigenvalue weighted by atomic mass is 10.2. The Hall–Kier alpha value is -2.46. The number of carbonyl (C=O) groups excluding carboxylic acids is 1. The first-order valence-corrected chi connectivity index (χ1v) is 11.6. The van der Waals surface area contributed by atoms with Crippen molar-refractivity contribution in [3.8, 4) is 11.5 Å². The molecule has 0 spiro atoms. The van der Waals surface area contributed by atoms with E-state index in [0.717, 1.165) is 5.56 Å². The topological polar surface area (TPSA) is 105 Å². The second-order valence-corrected chi connectivity index (χ2v) is 9.85. The number of anilines is 1. The van der Waals surface area contributed by atoms with E-state index in [0.29, 0.717) is 28.5 Å². The van der Waals surface area contributed by atoms with Crippen molar-refractivity contribution < 1.29 is 17.6 Å². The Morgan fingerprint density at radius 1 is 1.16 bits per heavy atom. The highest BCUT2D eigenvalue weighted by Crippen LogP contribution is 2.31. The highest BCUT2D eigenvalue weighted by Gasteiger charge is 2.39. The third-order valence-corrected chi connectivity index (χ3v) is 7.43. The number of nitrogens with zero attached hydrogens (tertiary/aromatic N) is 3. The standard InChI is InChI=1S/C20H18Cl2N4O4S/c1-12-4-7-14(8-5-12)31(28,29)26-10-2-3-17(26)18(27)23-20-25-24-19(30-20)15-11-13(21)6-9-16(15)22/h4-9,11,17H,2-3,10H2,1H3,(H,23,25,27). The van der Waals surface area contributed by atoms with E-state index in [4.69, 9.17) is 27.6 Å². The Balaban J connectivity index is 1.53. The van der Waals surface area contributed by atoms with Crippen molar-refractivity contribution in [2.75, 3.05) is 11.9 Å². The van der Waals surface area contributed by atoms with Crippen LogP contribution in [0.5, 0.6) is 0 Å². The number of hydrogen-bond acceptors (Lipinski definition) is 6. The van der Waals surface area contributed by atoms with Crippen LogP contribution in [0, 0.1) is 6.92 Å². The van der Waals surface area contributed by atoms with Gasteiger partial charge in [0.15, 0.2) is 0 Å². The van der Waals surface area contributed by atoms with Gasteiger partial charge in [0, 0.05) is 11.6 Å². The summed E-state index contributed by atoms with van der Waals surface area (Å²) >= 11 is 12.1. The molecule has 2 aromatic carbocycles. The summed E-state index contributed by atoms with van der Waals surface area (Å²) in [5, 5.41) is 11.0. The SMILES string of the molecule is Cc1ccc(S(=O)(=O)N2CCCC2C(=O)Nc2nnc(-c3cc(Cl)ccc3Cl)o2)cc1. The van der Waals surface area contributed by atoms with E-state index in [1.165, 1.54) is 16.4 Å². The number of benzene rings is 2. The van der Waals surface area contributed by atoms with Crippen LogP contribution in [-0.2, 0) is 14.8 Å². The maximum Gasteiger partial charge on any atom is 0.322 e. The van der Waals surface area contributed by atoms with E-state index in [-0.39, 0.29) is 23.3 Å². The van der Waals surface area contributed by atoms with Gasteiger partial charge in [-0.1, -0.05) is 46.0 Å². The van der Waals surface area contributed by atoms with Crippen LogP contribution in [0.3, 0.4) is 0 Å². The van der Waals surface area contributed by atoms with Gasteiger partial charge >= 0.3 is 6.01 Å². The summed E-state index contributed by atoms with van der Waals surface area (Å²) < 4.78 is 32.8. The molecule has 4 rings (SSSR count). The van der Waals surface area contributed by atoms with Crippen molar-refractivity contribution in [2.45, 2.75) is 30.7 Å². The number of aromatic nitrogens is 2. The molecule has 2 heterocycles. The van der Waals surface area contributed by atoms with Gasteiger partial charge in [-0.25, -0.2) is 8.42 Å². The molecule has 8 nitrogen and oxygen atoms in total. The Bertz CT molecular complexity index is 1230. The van der Waals surface area contributed by atoms with E-state index >= 15 is 0 Å². The first-order chi connectivity index (χ1) is 14.8. The minimum atomic E-state index is -3.82. The lowest BCUT2D eigenvalue weighted by molar-refractivity contribution is -0.119. The van der Waals surface area contributed by atoms with Crippen LogP contribution in [0.1, 0.15) is 18.4 Å². The minimum Gasteiger partial charge on any atom is -0.403 e. The smallest absolute Gasteiger partial charge is 0.322 e. The molecule has 1 N–H and O–H groups in total. The molecule has 11 heteroatoms. The summed E-state index contributed by atoms with van der Waals surface area (Å²) in [7, 11) is -3.82. The van der Waals surface area contributed by atoms with Gasteiger partial charge in [0.25, 0.3) is 5.89 Å². The van der Waals surface area contributed by atoms with E-state index in [9.17, 15) is 13.2 Å². The average Bonchev–Trinajstić information content (AvgIpc) is 3.40. The summed E-state index contributed by atoms with van der Waals surface area (Å²) in [6.07, 6.45) is 0.953. The molecule has 0 saturated carbocycles. The predicted octanol–water partition coefficient (Wildman–Crippen LogP) is 4.14. The highest BCUT2D eigenvalue weighted by atomic mass is 35.5. The number of halogens is 2. The Morgan fingerprint density at radius 3 is 2.65 bits per heavy atom. The number of aryl methyl sites for hydroxylation is 1. The van der Waals surface area contributed by atoms with Crippen LogP contribution in [0.4, 0.5) is 6.01 Å². The van der Waals surface area contributed by atoms with Crippen LogP contribution in [0.15, 0.2) is 51.8 Å². The zero-order valence-corrected chi connectivity index (χ0v) is 18.7. The van der Waals surface area contributed by atoms with Crippen LogP contribution < -0.4 is 5.32 Å². The number of carbonyl (C=O) groups is 1. The molecular weight excluding hydrogens is 463 g/mol. The quantitative estimate of drug-likeness (QED) is 0.587. The molecule has 1 atom stereocenters. The summed E-state index contributed by atoms with van der Waals surface area (Å²) in [5.74, 6) is -0.459. The van der Waals surface area contributed by atoms with E-state index in [2.05, 4.69) is 15.5 Å². The maximum absolute atomic E-state index is 13.0. The Kier molecular flexibility index (Phi) is 6.02. The average molecular weight is 481 g/mol. The van der Waals surface area contributed by atoms with Crippen LogP contribution in [0.2, 0.25) is 10.0 Å². The van der Waals surface area contributed by atoms with Gasteiger partial charge in [0.1, 0.15) is 6.04 Å². The lowest BCUT2D eigenvalue weighted by Crippen LogP contribution is -2.43. The van der Waals surface area contributed by atoms with E-state index in [1.807, 2.05) is 6.92 Å². The van der Waals surface area contributed by atoms with Crippen molar-refractivity contribution in [3.63, 3.8) is 0 Å². The molecule has 162 valence electrons. The molecular formula is C20H18Cl2N4O4S. The van der Waals surface area contributed by atoms with Gasteiger partial charge in [-0.3, -0.25) is 10.1 Å². The van der Waals surface area contributed by atoms with E-state index < -0.39 is 22.0 Å². The molecule has 1 aliphatic heterocycles. The maximum atomic E-state index is 13.0. The molecule has 0 aliphatic carbocycles. The number of rotatable bonds is 5. The minimum absolute atomic E-state index is 0.0818. The summed E-state index contributed by atoms with van der Waals surface area (Å²) in [6.45, 7) is 2.12. The summed E-state index contributed by atoms with van der Waals surface area (Å²) in [4.78, 5) is 13.0. The fourth-order valence-electron chi connectivity index (χ4n) is 3.37. The summed E-state index contributed by atoms with van der Waals surface area (Å²) in [5.41, 5.74) is 1.37. The van der Waals surface area contributed by atoms with Gasteiger partial charge in [0.2, 0.25) is 15.9 Å². The fourth-order valence-corrected chi connectivity index (χ4v) is 5.40. The van der Waals surface area contributed by atoms with Gasteiger partial charge in [-0.2, -0.15) is 4.31 Å².